The summed E-state index contributed by atoms with van der Waals surface area (Å²) in [6, 6.07) is 77.5. The van der Waals surface area contributed by atoms with E-state index in [1.165, 1.54) is 131 Å². The van der Waals surface area contributed by atoms with Crippen molar-refractivity contribution in [2.24, 2.45) is 0 Å². The van der Waals surface area contributed by atoms with Gasteiger partial charge < -0.3 is 0 Å². The van der Waals surface area contributed by atoms with Gasteiger partial charge in [0.05, 0.1) is 0 Å². The second-order valence-corrected chi connectivity index (χ2v) is 17.6. The molecule has 0 radical (unpaired) electrons. The molecule has 0 N–H and O–H groups in total. The molecule has 0 atom stereocenters. The van der Waals surface area contributed by atoms with E-state index in [2.05, 4.69) is 220 Å². The van der Waals surface area contributed by atoms with Gasteiger partial charge >= 0.3 is 0 Å². The standard InChI is InChI=1S/C61H40/c1-61(2)59-35-42(25-29-55(59)56-30-26-43(36-60(56)61)41-24-28-54-50-16-6-4-12-46(50)48-14-8-10-18-52(48)58(54)34-41)39-22-20-37-19-21-38(31-44(37)32-39)40-23-27-53-49-15-5-3-11-45(49)47-13-7-9-17-51(47)57(53)33-40/h3-36H,1-2H3. The molecule has 0 spiro atoms. The summed E-state index contributed by atoms with van der Waals surface area (Å²) in [5, 5.41) is 18.2. The number of hydrogen-bond donors (Lipinski definition) is 0. The van der Waals surface area contributed by atoms with E-state index in [-0.39, 0.29) is 5.41 Å². The minimum absolute atomic E-state index is 0.147. The molecule has 0 saturated carbocycles. The van der Waals surface area contributed by atoms with Crippen molar-refractivity contribution in [3.63, 3.8) is 0 Å². The summed E-state index contributed by atoms with van der Waals surface area (Å²) in [6.07, 6.45) is 0. The maximum atomic E-state index is 2.45. The van der Waals surface area contributed by atoms with Crippen LogP contribution in [0.4, 0.5) is 0 Å². The molecular formula is C61H40. The van der Waals surface area contributed by atoms with Crippen LogP contribution in [0, 0.1) is 0 Å². The zero-order valence-electron chi connectivity index (χ0n) is 34.1. The fraction of sp³-hybridized carbons (Fsp3) is 0.0492. The quantitative estimate of drug-likeness (QED) is 0.157. The first-order chi connectivity index (χ1) is 30.0. The molecule has 0 nitrogen and oxygen atoms in total. The Morgan fingerprint density at radius 1 is 0.230 bits per heavy atom. The molecule has 0 heterocycles. The molecule has 0 heteroatoms. The minimum Gasteiger partial charge on any atom is -0.0616 e. The molecule has 0 saturated heterocycles. The van der Waals surface area contributed by atoms with E-state index in [1.54, 1.807) is 0 Å². The SMILES string of the molecule is CC1(C)c2cc(-c3ccc4ccc(-c5ccc6c7ccccc7c7ccccc7c6c5)cc4c3)ccc2-c2ccc(-c3ccc4c5ccccc5c5ccccc5c4c3)cc21. The Bertz CT molecular complexity index is 3770. The Balaban J connectivity index is 0.867. The number of benzene rings is 12. The molecule has 0 fully saturated rings. The van der Waals surface area contributed by atoms with Crippen molar-refractivity contribution in [1.29, 1.82) is 0 Å². The number of hydrogen-bond acceptors (Lipinski definition) is 0. The zero-order valence-corrected chi connectivity index (χ0v) is 34.1. The number of fused-ring (bicyclic) bond motifs is 16. The van der Waals surface area contributed by atoms with Gasteiger partial charge in [-0.1, -0.05) is 184 Å². The minimum atomic E-state index is -0.147. The molecule has 1 aliphatic rings. The van der Waals surface area contributed by atoms with Crippen molar-refractivity contribution in [2.45, 2.75) is 19.3 Å². The Morgan fingerprint density at radius 2 is 0.508 bits per heavy atom. The van der Waals surface area contributed by atoms with Gasteiger partial charge in [-0.3, -0.25) is 0 Å². The van der Waals surface area contributed by atoms with Crippen LogP contribution in [0.3, 0.4) is 0 Å². The average Bonchev–Trinajstić information content (AvgIpc) is 3.55. The third kappa shape index (κ3) is 5.06. The van der Waals surface area contributed by atoms with Gasteiger partial charge in [0.2, 0.25) is 0 Å². The van der Waals surface area contributed by atoms with Gasteiger partial charge in [0, 0.05) is 5.41 Å². The van der Waals surface area contributed by atoms with Crippen LogP contribution in [-0.4, -0.2) is 0 Å². The lowest BCUT2D eigenvalue weighted by atomic mass is 9.80. The third-order valence-corrected chi connectivity index (χ3v) is 14.0. The van der Waals surface area contributed by atoms with E-state index in [1.807, 2.05) is 0 Å². The molecule has 12 aromatic rings. The number of rotatable bonds is 3. The van der Waals surface area contributed by atoms with E-state index < -0.39 is 0 Å². The van der Waals surface area contributed by atoms with Crippen LogP contribution >= 0.6 is 0 Å². The molecule has 0 bridgehead atoms. The lowest BCUT2D eigenvalue weighted by molar-refractivity contribution is 0.661. The highest BCUT2D eigenvalue weighted by molar-refractivity contribution is 6.27. The lowest BCUT2D eigenvalue weighted by Gasteiger charge is -2.23. The van der Waals surface area contributed by atoms with E-state index in [0.717, 1.165) is 0 Å². The second kappa shape index (κ2) is 12.7. The molecule has 284 valence electrons. The third-order valence-electron chi connectivity index (χ3n) is 14.0. The molecule has 0 amide bonds. The Morgan fingerprint density at radius 3 is 0.885 bits per heavy atom. The fourth-order valence-electron chi connectivity index (χ4n) is 10.9. The predicted molar refractivity (Wildman–Crippen MR) is 263 cm³/mol. The van der Waals surface area contributed by atoms with E-state index in [0.29, 0.717) is 0 Å². The lowest BCUT2D eigenvalue weighted by Crippen LogP contribution is -2.15. The Labute approximate surface area is 355 Å². The molecule has 13 rings (SSSR count). The summed E-state index contributed by atoms with van der Waals surface area (Å²) < 4.78 is 0. The molecule has 0 aliphatic heterocycles. The first-order valence-corrected chi connectivity index (χ1v) is 21.5. The van der Waals surface area contributed by atoms with Crippen LogP contribution in [0.25, 0.3) is 120 Å². The fourth-order valence-corrected chi connectivity index (χ4v) is 10.9. The van der Waals surface area contributed by atoms with Crippen molar-refractivity contribution < 1.29 is 0 Å². The van der Waals surface area contributed by atoms with Gasteiger partial charge in [-0.2, -0.15) is 0 Å². The highest BCUT2D eigenvalue weighted by Crippen LogP contribution is 2.51. The monoisotopic (exact) mass is 772 g/mol. The van der Waals surface area contributed by atoms with Crippen LogP contribution in [-0.2, 0) is 5.41 Å². The first kappa shape index (κ1) is 34.3. The van der Waals surface area contributed by atoms with Crippen molar-refractivity contribution in [2.75, 3.05) is 0 Å². The summed E-state index contributed by atoms with van der Waals surface area (Å²) in [7, 11) is 0. The average molecular weight is 773 g/mol. The molecular weight excluding hydrogens is 733 g/mol. The van der Waals surface area contributed by atoms with Gasteiger partial charge in [0.25, 0.3) is 0 Å². The topological polar surface area (TPSA) is 0 Å². The van der Waals surface area contributed by atoms with Crippen molar-refractivity contribution in [3.05, 3.63) is 217 Å². The van der Waals surface area contributed by atoms with Crippen LogP contribution in [0.1, 0.15) is 25.0 Å². The van der Waals surface area contributed by atoms with E-state index >= 15 is 0 Å². The smallest absolute Gasteiger partial charge is 0.0159 e. The summed E-state index contributed by atoms with van der Waals surface area (Å²) >= 11 is 0. The molecule has 12 aromatic carbocycles. The Hall–Kier alpha value is -7.54. The van der Waals surface area contributed by atoms with Gasteiger partial charge in [-0.15, -0.1) is 0 Å². The van der Waals surface area contributed by atoms with Crippen molar-refractivity contribution in [3.8, 4) is 44.5 Å². The van der Waals surface area contributed by atoms with Crippen LogP contribution in [0.2, 0.25) is 0 Å². The van der Waals surface area contributed by atoms with E-state index in [9.17, 15) is 0 Å². The molecule has 0 unspecified atom stereocenters. The van der Waals surface area contributed by atoms with Gasteiger partial charge in [-0.25, -0.2) is 0 Å². The normalized spacial score (nSPS) is 13.2. The Kier molecular flexibility index (Phi) is 7.17. The molecule has 1 aliphatic carbocycles. The van der Waals surface area contributed by atoms with Gasteiger partial charge in [0.1, 0.15) is 0 Å². The van der Waals surface area contributed by atoms with Crippen LogP contribution in [0.5, 0.6) is 0 Å². The summed E-state index contributed by atoms with van der Waals surface area (Å²) in [5.41, 5.74) is 12.8. The predicted octanol–water partition coefficient (Wildman–Crippen LogP) is 17.1. The van der Waals surface area contributed by atoms with Gasteiger partial charge in [0.15, 0.2) is 0 Å². The highest BCUT2D eigenvalue weighted by Gasteiger charge is 2.36. The van der Waals surface area contributed by atoms with Crippen LogP contribution in [0.15, 0.2) is 206 Å². The van der Waals surface area contributed by atoms with Gasteiger partial charge in [-0.05, 0) is 167 Å². The molecule has 61 heavy (non-hydrogen) atoms. The van der Waals surface area contributed by atoms with Crippen molar-refractivity contribution in [1.82, 2.24) is 0 Å². The largest absolute Gasteiger partial charge is 0.0616 e. The summed E-state index contributed by atoms with van der Waals surface area (Å²) in [4.78, 5) is 0. The highest BCUT2D eigenvalue weighted by atomic mass is 14.4. The molecule has 0 aromatic heterocycles. The maximum absolute atomic E-state index is 2.45. The summed E-state index contributed by atoms with van der Waals surface area (Å²) in [5.74, 6) is 0. The first-order valence-electron chi connectivity index (χ1n) is 21.5. The maximum Gasteiger partial charge on any atom is 0.0159 e. The zero-order chi connectivity index (χ0) is 40.4. The van der Waals surface area contributed by atoms with Crippen molar-refractivity contribution >= 4 is 75.4 Å². The summed E-state index contributed by atoms with van der Waals surface area (Å²) in [6.45, 7) is 4.79. The van der Waals surface area contributed by atoms with Crippen LogP contribution < -0.4 is 0 Å². The second-order valence-electron chi connectivity index (χ2n) is 17.6. The van der Waals surface area contributed by atoms with E-state index in [4.69, 9.17) is 0 Å².